The van der Waals surface area contributed by atoms with E-state index in [1.54, 1.807) is 0 Å². The number of hydrogen-bond donors (Lipinski definition) is 3. The average molecular weight is 609 g/mol. The first-order valence-electron chi connectivity index (χ1n) is 12.7. The fourth-order valence-electron chi connectivity index (χ4n) is 4.49. The number of fused-ring (bicyclic) bond motifs is 1. The Morgan fingerprint density at radius 2 is 1.84 bits per heavy atom. The van der Waals surface area contributed by atoms with Crippen molar-refractivity contribution < 1.29 is 41.4 Å². The van der Waals surface area contributed by atoms with Gasteiger partial charge in [0.15, 0.2) is 5.75 Å². The fourth-order valence-corrected chi connectivity index (χ4v) is 4.49. The Hall–Kier alpha value is -5.02. The Kier molecular flexibility index (Phi) is 8.68. The molecule has 0 aliphatic carbocycles. The lowest BCUT2D eigenvalue weighted by molar-refractivity contribution is -0.143. The number of ether oxygens (including phenoxy) is 1. The highest BCUT2D eigenvalue weighted by molar-refractivity contribution is 5.97. The number of carboxylic acids is 1. The summed E-state index contributed by atoms with van der Waals surface area (Å²) in [6.07, 6.45) is -1.26. The molecule has 16 heteroatoms. The molecule has 0 saturated carbocycles. The topological polar surface area (TPSA) is 140 Å². The summed E-state index contributed by atoms with van der Waals surface area (Å²) in [4.78, 5) is 42.0. The van der Waals surface area contributed by atoms with Crippen molar-refractivity contribution in [2.75, 3.05) is 12.4 Å². The number of rotatable bonds is 10. The number of aromatic nitrogens is 4. The number of benzene rings is 1. The smallest absolute Gasteiger partial charge is 0.408 e. The second kappa shape index (κ2) is 12.1. The number of carbonyl (C=O) groups excluding carboxylic acids is 1. The fraction of sp³-hybridized carbons (Fsp3) is 0.296. The molecule has 1 amide bonds. The number of carbonyl (C=O) groups is 2. The lowest BCUT2D eigenvalue weighted by Crippen LogP contribution is -2.43. The number of nitrogens with one attached hydrogen (secondary N) is 2. The van der Waals surface area contributed by atoms with E-state index in [1.807, 2.05) is 5.32 Å². The molecule has 43 heavy (non-hydrogen) atoms. The third-order valence-corrected chi connectivity index (χ3v) is 6.66. The van der Waals surface area contributed by atoms with Crippen LogP contribution in [0.1, 0.15) is 29.4 Å². The van der Waals surface area contributed by atoms with Gasteiger partial charge in [-0.15, -0.1) is 0 Å². The number of amides is 1. The van der Waals surface area contributed by atoms with E-state index < -0.39 is 65.0 Å². The van der Waals surface area contributed by atoms with E-state index in [1.165, 1.54) is 56.2 Å². The van der Waals surface area contributed by atoms with Gasteiger partial charge in [-0.25, -0.2) is 23.2 Å². The Bertz CT molecular complexity index is 1730. The zero-order chi connectivity index (χ0) is 31.6. The summed E-state index contributed by atoms with van der Waals surface area (Å²) in [6.45, 7) is 1.23. The Labute approximate surface area is 239 Å². The first kappa shape index (κ1) is 30.9. The molecule has 3 N–H and O–H groups in total. The van der Waals surface area contributed by atoms with Crippen molar-refractivity contribution in [1.29, 1.82) is 0 Å². The maximum absolute atomic E-state index is 14.8. The molecule has 0 radical (unpaired) electrons. The van der Waals surface area contributed by atoms with Gasteiger partial charge in [-0.3, -0.25) is 9.59 Å². The van der Waals surface area contributed by atoms with Crippen LogP contribution in [0.3, 0.4) is 0 Å². The number of alkyl halides is 3. The number of nitrogens with zero attached hydrogens (tertiary/aromatic N) is 4. The van der Waals surface area contributed by atoms with Crippen LogP contribution >= 0.6 is 0 Å². The first-order valence-corrected chi connectivity index (χ1v) is 12.7. The van der Waals surface area contributed by atoms with Crippen LogP contribution in [0.15, 0.2) is 47.7 Å². The van der Waals surface area contributed by atoms with E-state index in [2.05, 4.69) is 15.4 Å². The van der Waals surface area contributed by atoms with Crippen molar-refractivity contribution in [3.63, 3.8) is 0 Å². The predicted molar refractivity (Wildman–Crippen MR) is 143 cm³/mol. The summed E-state index contributed by atoms with van der Waals surface area (Å²) in [7, 11) is 2.81. The molecule has 0 bridgehead atoms. The SMILES string of the molecule is CC[C@@H](Nc1cc(F)c(C(=O)N[C@@H](Cc2ccc(-c3c(OC)cnn(C)c3=O)c3nccn23)C(=O)O)c(F)c1)C(F)(F)F. The van der Waals surface area contributed by atoms with Crippen LogP contribution in [-0.2, 0) is 18.3 Å². The van der Waals surface area contributed by atoms with Gasteiger partial charge in [0.05, 0.1) is 18.9 Å². The van der Waals surface area contributed by atoms with E-state index in [0.29, 0.717) is 23.4 Å². The van der Waals surface area contributed by atoms with Gasteiger partial charge < -0.3 is 24.9 Å². The van der Waals surface area contributed by atoms with Gasteiger partial charge in [0, 0.05) is 42.8 Å². The highest BCUT2D eigenvalue weighted by atomic mass is 19.4. The molecule has 11 nitrogen and oxygen atoms in total. The van der Waals surface area contributed by atoms with Gasteiger partial charge in [-0.1, -0.05) is 6.92 Å². The largest absolute Gasteiger partial charge is 0.494 e. The van der Waals surface area contributed by atoms with E-state index in [0.717, 1.165) is 4.68 Å². The van der Waals surface area contributed by atoms with Crippen LogP contribution in [0, 0.1) is 11.6 Å². The molecule has 3 aromatic heterocycles. The van der Waals surface area contributed by atoms with Gasteiger partial charge in [-0.05, 0) is 30.7 Å². The van der Waals surface area contributed by atoms with Gasteiger partial charge in [0.2, 0.25) is 0 Å². The van der Waals surface area contributed by atoms with E-state index in [-0.39, 0.29) is 23.4 Å². The zero-order valence-electron chi connectivity index (χ0n) is 22.9. The van der Waals surface area contributed by atoms with Crippen LogP contribution in [0.25, 0.3) is 16.8 Å². The molecule has 0 fully saturated rings. The standard InChI is InChI=1S/C27H25F5N6O5/c1-4-20(27(30,31)32)35-13-9-16(28)22(17(29)10-13)24(39)36-18(26(41)42)11-14-5-6-15(23-33-7-8-38(14)23)21-19(43-3)12-34-37(2)25(21)40/h5-10,12,18,20,35H,4,11H2,1-3H3,(H,36,39)(H,41,42)/t18-,20+/m0/s1. The third-order valence-electron chi connectivity index (χ3n) is 6.66. The molecule has 2 atom stereocenters. The number of imidazole rings is 1. The Morgan fingerprint density at radius 1 is 1.16 bits per heavy atom. The maximum Gasteiger partial charge on any atom is 0.408 e. The van der Waals surface area contributed by atoms with Crippen LogP contribution < -0.4 is 20.9 Å². The number of pyridine rings is 1. The third kappa shape index (κ3) is 6.27. The minimum absolute atomic E-state index is 0.148. The van der Waals surface area contributed by atoms with Crippen molar-refractivity contribution in [3.8, 4) is 16.9 Å². The molecule has 3 heterocycles. The first-order chi connectivity index (χ1) is 20.3. The molecule has 0 spiro atoms. The molecule has 4 aromatic rings. The summed E-state index contributed by atoms with van der Waals surface area (Å²) in [5, 5.41) is 17.8. The van der Waals surface area contributed by atoms with Gasteiger partial charge in [0.25, 0.3) is 11.5 Å². The highest BCUT2D eigenvalue weighted by Gasteiger charge is 2.38. The number of aliphatic carboxylic acids is 1. The lowest BCUT2D eigenvalue weighted by atomic mass is 10.0. The molecule has 0 aliphatic heterocycles. The summed E-state index contributed by atoms with van der Waals surface area (Å²) >= 11 is 0. The normalized spacial score (nSPS) is 13.0. The minimum Gasteiger partial charge on any atom is -0.494 e. The predicted octanol–water partition coefficient (Wildman–Crippen LogP) is 3.56. The Morgan fingerprint density at radius 3 is 2.42 bits per heavy atom. The molecule has 228 valence electrons. The van der Waals surface area contributed by atoms with E-state index in [4.69, 9.17) is 4.74 Å². The molecular weight excluding hydrogens is 583 g/mol. The molecule has 4 rings (SSSR count). The van der Waals surface area contributed by atoms with Gasteiger partial charge in [0.1, 0.15) is 34.9 Å². The van der Waals surface area contributed by atoms with Crippen molar-refractivity contribution >= 4 is 23.2 Å². The number of methoxy groups -OCH3 is 1. The van der Waals surface area contributed by atoms with Gasteiger partial charge in [-0.2, -0.15) is 18.3 Å². The summed E-state index contributed by atoms with van der Waals surface area (Å²) in [5.74, 6) is -5.78. The highest BCUT2D eigenvalue weighted by Crippen LogP contribution is 2.30. The van der Waals surface area contributed by atoms with E-state index in [9.17, 15) is 41.4 Å². The summed E-state index contributed by atoms with van der Waals surface area (Å²) in [5.41, 5.74) is -1.16. The van der Waals surface area contributed by atoms with Crippen molar-refractivity contribution in [3.05, 3.63) is 76.1 Å². The van der Waals surface area contributed by atoms with Crippen molar-refractivity contribution in [2.24, 2.45) is 7.05 Å². The second-order valence-corrected chi connectivity index (χ2v) is 9.41. The van der Waals surface area contributed by atoms with Crippen LogP contribution in [-0.4, -0.2) is 61.5 Å². The van der Waals surface area contributed by atoms with Crippen molar-refractivity contribution in [2.45, 2.75) is 38.0 Å². The number of carboxylic acid groups (broad SMARTS) is 1. The Balaban J connectivity index is 1.63. The monoisotopic (exact) mass is 608 g/mol. The lowest BCUT2D eigenvalue weighted by Gasteiger charge is -2.22. The molecule has 0 aliphatic rings. The van der Waals surface area contributed by atoms with Crippen LogP contribution in [0.4, 0.5) is 27.6 Å². The quantitative estimate of drug-likeness (QED) is 0.232. The zero-order valence-corrected chi connectivity index (χ0v) is 22.9. The average Bonchev–Trinajstić information content (AvgIpc) is 3.43. The van der Waals surface area contributed by atoms with Crippen molar-refractivity contribution in [1.82, 2.24) is 24.5 Å². The summed E-state index contributed by atoms with van der Waals surface area (Å²) < 4.78 is 76.6. The number of hydrogen-bond acceptors (Lipinski definition) is 7. The van der Waals surface area contributed by atoms with Crippen LogP contribution in [0.2, 0.25) is 0 Å². The number of halogens is 5. The van der Waals surface area contributed by atoms with Crippen LogP contribution in [0.5, 0.6) is 5.75 Å². The van der Waals surface area contributed by atoms with E-state index >= 15 is 0 Å². The second-order valence-electron chi connectivity index (χ2n) is 9.41. The van der Waals surface area contributed by atoms with Gasteiger partial charge >= 0.3 is 12.1 Å². The number of aryl methyl sites for hydroxylation is 1. The molecule has 0 saturated heterocycles. The number of anilines is 1. The molecule has 0 unspecified atom stereocenters. The maximum atomic E-state index is 14.8. The molecule has 1 aromatic carbocycles. The minimum atomic E-state index is -4.69. The summed E-state index contributed by atoms with van der Waals surface area (Å²) in [6, 6.07) is 0.252. The molecular formula is C27H25F5N6O5.